The zero-order valence-electron chi connectivity index (χ0n) is 10.8. The van der Waals surface area contributed by atoms with Crippen molar-refractivity contribution in [1.29, 1.82) is 0 Å². The van der Waals surface area contributed by atoms with Crippen molar-refractivity contribution in [3.63, 3.8) is 0 Å². The first-order valence-corrected chi connectivity index (χ1v) is 7.32. The van der Waals surface area contributed by atoms with Gasteiger partial charge in [0, 0.05) is 18.9 Å². The molecule has 0 fully saturated rings. The molecule has 7 heteroatoms. The van der Waals surface area contributed by atoms with E-state index in [0.29, 0.717) is 0 Å². The van der Waals surface area contributed by atoms with E-state index in [0.717, 1.165) is 11.6 Å². The molecule has 0 radical (unpaired) electrons. The molecule has 0 aliphatic carbocycles. The van der Waals surface area contributed by atoms with Crippen LogP contribution in [0.15, 0.2) is 41.6 Å². The van der Waals surface area contributed by atoms with Crippen molar-refractivity contribution in [2.24, 2.45) is 0 Å². The number of hydrogen-bond acceptors (Lipinski definition) is 4. The minimum Gasteiger partial charge on any atom is -0.396 e. The summed E-state index contributed by atoms with van der Waals surface area (Å²) in [5.74, 6) is -0.599. The molecule has 0 aliphatic rings. The number of nitrogen functional groups attached to an aromatic ring is 1. The first-order chi connectivity index (χ1) is 9.40. The van der Waals surface area contributed by atoms with Crippen molar-refractivity contribution < 1.29 is 12.8 Å². The Morgan fingerprint density at radius 2 is 1.95 bits per heavy atom. The molecule has 2 rings (SSSR count). The van der Waals surface area contributed by atoms with E-state index in [4.69, 9.17) is 5.73 Å². The fourth-order valence-corrected chi connectivity index (χ4v) is 2.82. The molecule has 1 aromatic heterocycles. The molecule has 0 bridgehead atoms. The molecule has 0 amide bonds. The van der Waals surface area contributed by atoms with E-state index in [1.54, 1.807) is 24.5 Å². The first-order valence-electron chi connectivity index (χ1n) is 5.84. The van der Waals surface area contributed by atoms with Gasteiger partial charge < -0.3 is 5.73 Å². The molecule has 0 spiro atoms. The van der Waals surface area contributed by atoms with Gasteiger partial charge in [-0.05, 0) is 42.3 Å². The van der Waals surface area contributed by atoms with Gasteiger partial charge in [0.05, 0.1) is 10.6 Å². The number of aromatic nitrogens is 1. The summed E-state index contributed by atoms with van der Waals surface area (Å²) in [5, 5.41) is 0. The Hall–Kier alpha value is -1.99. The summed E-state index contributed by atoms with van der Waals surface area (Å²) in [4.78, 5) is 3.79. The second-order valence-electron chi connectivity index (χ2n) is 4.32. The molecule has 0 atom stereocenters. The lowest BCUT2D eigenvalue weighted by molar-refractivity contribution is 0.580. The SMILES string of the molecule is Cc1cc(S(=O)(=O)NCc2ccncc2)cc(N)c1F. The number of hydrogen-bond donors (Lipinski definition) is 2. The number of benzene rings is 1. The number of nitrogens with two attached hydrogens (primary N) is 1. The number of aryl methyl sites for hydroxylation is 1. The molecular formula is C13H14FN3O2S. The van der Waals surface area contributed by atoms with Gasteiger partial charge in [-0.3, -0.25) is 4.98 Å². The number of nitrogens with one attached hydrogen (secondary N) is 1. The molecular weight excluding hydrogens is 281 g/mol. The van der Waals surface area contributed by atoms with Crippen LogP contribution in [0.4, 0.5) is 10.1 Å². The van der Waals surface area contributed by atoms with E-state index < -0.39 is 15.8 Å². The number of sulfonamides is 1. The van der Waals surface area contributed by atoms with Gasteiger partial charge in [0.15, 0.2) is 0 Å². The lowest BCUT2D eigenvalue weighted by Gasteiger charge is -2.09. The quantitative estimate of drug-likeness (QED) is 0.839. The van der Waals surface area contributed by atoms with Crippen molar-refractivity contribution in [2.45, 2.75) is 18.4 Å². The highest BCUT2D eigenvalue weighted by Gasteiger charge is 2.17. The van der Waals surface area contributed by atoms with Crippen LogP contribution < -0.4 is 10.5 Å². The highest BCUT2D eigenvalue weighted by Crippen LogP contribution is 2.20. The standard InChI is InChI=1S/C13H14FN3O2S/c1-9-6-11(7-12(15)13(9)14)20(18,19)17-8-10-2-4-16-5-3-10/h2-7,17H,8,15H2,1H3. The molecule has 106 valence electrons. The summed E-state index contributed by atoms with van der Waals surface area (Å²) >= 11 is 0. The van der Waals surface area contributed by atoms with Gasteiger partial charge in [0.2, 0.25) is 10.0 Å². The average Bonchev–Trinajstić information content (AvgIpc) is 2.43. The summed E-state index contributed by atoms with van der Waals surface area (Å²) in [6, 6.07) is 5.76. The Morgan fingerprint density at radius 1 is 1.30 bits per heavy atom. The topological polar surface area (TPSA) is 85.1 Å². The number of pyridine rings is 1. The summed E-state index contributed by atoms with van der Waals surface area (Å²) in [6.07, 6.45) is 3.15. The van der Waals surface area contributed by atoms with Gasteiger partial charge >= 0.3 is 0 Å². The van der Waals surface area contributed by atoms with Crippen LogP contribution in [0.25, 0.3) is 0 Å². The molecule has 1 heterocycles. The fraction of sp³-hybridized carbons (Fsp3) is 0.154. The van der Waals surface area contributed by atoms with Crippen molar-refractivity contribution >= 4 is 15.7 Å². The van der Waals surface area contributed by atoms with Crippen molar-refractivity contribution in [2.75, 3.05) is 5.73 Å². The Bertz CT molecular complexity index is 695. The minimum absolute atomic E-state index is 0.0528. The Labute approximate surface area is 116 Å². The molecule has 0 saturated carbocycles. The van der Waals surface area contributed by atoms with Crippen LogP contribution in [0, 0.1) is 12.7 Å². The number of rotatable bonds is 4. The predicted octanol–water partition coefficient (Wildman–Crippen LogP) is 1.59. The zero-order chi connectivity index (χ0) is 14.8. The van der Waals surface area contributed by atoms with E-state index in [-0.39, 0.29) is 22.7 Å². The van der Waals surface area contributed by atoms with Crippen LogP contribution in [0.1, 0.15) is 11.1 Å². The van der Waals surface area contributed by atoms with Crippen LogP contribution in [0.3, 0.4) is 0 Å². The lowest BCUT2D eigenvalue weighted by atomic mass is 10.2. The maximum absolute atomic E-state index is 13.4. The predicted molar refractivity (Wildman–Crippen MR) is 73.8 cm³/mol. The molecule has 2 aromatic rings. The summed E-state index contributed by atoms with van der Waals surface area (Å²) in [7, 11) is -3.74. The van der Waals surface area contributed by atoms with Gasteiger partial charge in [-0.25, -0.2) is 17.5 Å². The molecule has 0 unspecified atom stereocenters. The Morgan fingerprint density at radius 3 is 2.55 bits per heavy atom. The van der Waals surface area contributed by atoms with E-state index >= 15 is 0 Å². The number of halogens is 1. The smallest absolute Gasteiger partial charge is 0.240 e. The molecule has 0 saturated heterocycles. The monoisotopic (exact) mass is 295 g/mol. The minimum atomic E-state index is -3.74. The summed E-state index contributed by atoms with van der Waals surface area (Å²) < 4.78 is 40.1. The third-order valence-corrected chi connectivity index (χ3v) is 4.16. The van der Waals surface area contributed by atoms with Gasteiger partial charge in [0.1, 0.15) is 5.82 Å². The molecule has 5 nitrogen and oxygen atoms in total. The summed E-state index contributed by atoms with van der Waals surface area (Å²) in [6.45, 7) is 1.59. The first kappa shape index (κ1) is 14.4. The molecule has 20 heavy (non-hydrogen) atoms. The van der Waals surface area contributed by atoms with E-state index in [9.17, 15) is 12.8 Å². The fourth-order valence-electron chi connectivity index (χ4n) is 1.68. The number of anilines is 1. The van der Waals surface area contributed by atoms with Crippen LogP contribution in [-0.4, -0.2) is 13.4 Å². The third kappa shape index (κ3) is 3.12. The van der Waals surface area contributed by atoms with E-state index in [1.165, 1.54) is 13.0 Å². The maximum Gasteiger partial charge on any atom is 0.240 e. The van der Waals surface area contributed by atoms with Crippen LogP contribution in [0.2, 0.25) is 0 Å². The van der Waals surface area contributed by atoms with Gasteiger partial charge in [-0.1, -0.05) is 0 Å². The van der Waals surface area contributed by atoms with Crippen molar-refractivity contribution in [1.82, 2.24) is 9.71 Å². The second kappa shape index (κ2) is 5.56. The highest BCUT2D eigenvalue weighted by atomic mass is 32.2. The van der Waals surface area contributed by atoms with Crippen LogP contribution in [0.5, 0.6) is 0 Å². The Balaban J connectivity index is 2.23. The second-order valence-corrected chi connectivity index (χ2v) is 6.09. The van der Waals surface area contributed by atoms with Gasteiger partial charge in [0.25, 0.3) is 0 Å². The average molecular weight is 295 g/mol. The Kier molecular flexibility index (Phi) is 4.01. The van der Waals surface area contributed by atoms with E-state index in [2.05, 4.69) is 9.71 Å². The molecule has 1 aromatic carbocycles. The van der Waals surface area contributed by atoms with Crippen molar-refractivity contribution in [3.8, 4) is 0 Å². The van der Waals surface area contributed by atoms with Gasteiger partial charge in [-0.15, -0.1) is 0 Å². The molecule has 0 aliphatic heterocycles. The summed E-state index contributed by atoms with van der Waals surface area (Å²) in [5.41, 5.74) is 6.23. The van der Waals surface area contributed by atoms with Crippen LogP contribution in [-0.2, 0) is 16.6 Å². The van der Waals surface area contributed by atoms with Crippen molar-refractivity contribution in [3.05, 3.63) is 53.6 Å². The zero-order valence-corrected chi connectivity index (χ0v) is 11.6. The van der Waals surface area contributed by atoms with Gasteiger partial charge in [-0.2, -0.15) is 0 Å². The number of nitrogens with zero attached hydrogens (tertiary/aromatic N) is 1. The third-order valence-electron chi connectivity index (χ3n) is 2.78. The lowest BCUT2D eigenvalue weighted by Crippen LogP contribution is -2.23. The van der Waals surface area contributed by atoms with Crippen LogP contribution >= 0.6 is 0 Å². The van der Waals surface area contributed by atoms with E-state index in [1.807, 2.05) is 0 Å². The normalized spacial score (nSPS) is 11.5. The molecule has 3 N–H and O–H groups in total. The highest BCUT2D eigenvalue weighted by molar-refractivity contribution is 7.89. The largest absolute Gasteiger partial charge is 0.396 e. The maximum atomic E-state index is 13.4.